The van der Waals surface area contributed by atoms with Gasteiger partial charge in [-0.05, 0) is 50.5 Å². The van der Waals surface area contributed by atoms with E-state index >= 15 is 0 Å². The van der Waals surface area contributed by atoms with Gasteiger partial charge >= 0.3 is 0 Å². The van der Waals surface area contributed by atoms with Crippen molar-refractivity contribution in [2.45, 2.75) is 44.5 Å². The molecule has 6 heteroatoms. The van der Waals surface area contributed by atoms with Crippen molar-refractivity contribution in [3.05, 3.63) is 47.2 Å². The molecular weight excluding hydrogens is 332 g/mol. The fourth-order valence-electron chi connectivity index (χ4n) is 2.92. The second-order valence-electron chi connectivity index (χ2n) is 6.19. The van der Waals surface area contributed by atoms with Gasteiger partial charge in [0.1, 0.15) is 0 Å². The van der Waals surface area contributed by atoms with Crippen LogP contribution in [0, 0.1) is 20.8 Å². The number of aromatic amines is 1. The van der Waals surface area contributed by atoms with Crippen LogP contribution in [0.1, 0.15) is 30.0 Å². The fourth-order valence-corrected chi connectivity index (χ4v) is 3.83. The maximum Gasteiger partial charge on any atom is 0.237 e. The Kier molecular flexibility index (Phi) is 5.08. The van der Waals surface area contributed by atoms with Crippen LogP contribution in [-0.4, -0.2) is 26.1 Å². The smallest absolute Gasteiger partial charge is 0.237 e. The maximum absolute atomic E-state index is 12.8. The van der Waals surface area contributed by atoms with Crippen LogP contribution >= 0.6 is 11.8 Å². The van der Waals surface area contributed by atoms with Crippen molar-refractivity contribution in [3.63, 3.8) is 0 Å². The number of rotatable bonds is 5. The van der Waals surface area contributed by atoms with Gasteiger partial charge in [0.2, 0.25) is 5.91 Å². The van der Waals surface area contributed by atoms with Crippen molar-refractivity contribution in [2.24, 2.45) is 0 Å². The van der Waals surface area contributed by atoms with Gasteiger partial charge in [0, 0.05) is 11.9 Å². The molecular formula is C19H22N4OS. The van der Waals surface area contributed by atoms with Crippen LogP contribution in [0.15, 0.2) is 35.6 Å². The molecule has 2 N–H and O–H groups in total. The Balaban J connectivity index is 1.77. The first kappa shape index (κ1) is 17.5. The zero-order valence-corrected chi connectivity index (χ0v) is 15.7. The number of nitrogens with zero attached hydrogens (tertiary/aromatic N) is 2. The first-order chi connectivity index (χ1) is 12.0. The zero-order valence-electron chi connectivity index (χ0n) is 14.9. The largest absolute Gasteiger partial charge is 0.332 e. The number of hydrogen-bond acceptors (Lipinski definition) is 4. The molecule has 0 aliphatic rings. The first-order valence-corrected chi connectivity index (χ1v) is 9.22. The molecule has 130 valence electrons. The van der Waals surface area contributed by atoms with E-state index in [-0.39, 0.29) is 11.2 Å². The molecule has 0 saturated carbocycles. The van der Waals surface area contributed by atoms with Gasteiger partial charge in [-0.1, -0.05) is 36.4 Å². The SMILES string of the molecule is CCC(Sc1nc2ncccc2[nH]1)C(=O)Nc1c(C)cc(C)cc1C. The standard InChI is InChI=1S/C19H22N4OS/c1-5-15(25-19-21-14-7-6-8-20-17(14)23-19)18(24)22-16-12(3)9-11(2)10-13(16)4/h6-10,15H,5H2,1-4H3,(H,22,24)(H,20,21,23). The normalized spacial score (nSPS) is 12.3. The number of carbonyl (C=O) groups excluding carboxylic acids is 1. The van der Waals surface area contributed by atoms with Crippen molar-refractivity contribution in [1.82, 2.24) is 15.0 Å². The van der Waals surface area contributed by atoms with Crippen molar-refractivity contribution in [2.75, 3.05) is 5.32 Å². The van der Waals surface area contributed by atoms with Gasteiger partial charge in [0.05, 0.1) is 10.8 Å². The lowest BCUT2D eigenvalue weighted by Gasteiger charge is -2.17. The van der Waals surface area contributed by atoms with Gasteiger partial charge in [-0.25, -0.2) is 9.97 Å². The van der Waals surface area contributed by atoms with Gasteiger partial charge in [0.25, 0.3) is 0 Å². The number of imidazole rings is 1. The minimum absolute atomic E-state index is 0.00373. The number of thioether (sulfide) groups is 1. The van der Waals surface area contributed by atoms with Gasteiger partial charge in [-0.2, -0.15) is 0 Å². The fraction of sp³-hybridized carbons (Fsp3) is 0.316. The number of fused-ring (bicyclic) bond motifs is 1. The van der Waals surface area contributed by atoms with Gasteiger partial charge < -0.3 is 10.3 Å². The first-order valence-electron chi connectivity index (χ1n) is 8.34. The Morgan fingerprint density at radius 1 is 1.28 bits per heavy atom. The van der Waals surface area contributed by atoms with E-state index in [0.717, 1.165) is 22.3 Å². The predicted molar refractivity (Wildman–Crippen MR) is 103 cm³/mol. The van der Waals surface area contributed by atoms with Crippen molar-refractivity contribution in [1.29, 1.82) is 0 Å². The molecule has 0 saturated heterocycles. The van der Waals surface area contributed by atoms with Crippen LogP contribution in [0.2, 0.25) is 0 Å². The van der Waals surface area contributed by atoms with E-state index in [1.807, 2.05) is 32.9 Å². The Bertz CT molecular complexity index is 863. The molecule has 3 aromatic rings. The van der Waals surface area contributed by atoms with E-state index in [2.05, 4.69) is 39.3 Å². The summed E-state index contributed by atoms with van der Waals surface area (Å²) in [6.07, 6.45) is 2.43. The third-order valence-electron chi connectivity index (χ3n) is 4.08. The highest BCUT2D eigenvalue weighted by Crippen LogP contribution is 2.27. The zero-order chi connectivity index (χ0) is 18.0. The minimum atomic E-state index is -0.222. The highest BCUT2D eigenvalue weighted by atomic mass is 32.2. The highest BCUT2D eigenvalue weighted by molar-refractivity contribution is 8.00. The average Bonchev–Trinajstić information content (AvgIpc) is 2.98. The summed E-state index contributed by atoms with van der Waals surface area (Å²) >= 11 is 1.44. The van der Waals surface area contributed by atoms with E-state index in [9.17, 15) is 4.79 Å². The third kappa shape index (κ3) is 3.85. The van der Waals surface area contributed by atoms with Crippen LogP contribution in [-0.2, 0) is 4.79 Å². The number of H-pyrrole nitrogens is 1. The molecule has 25 heavy (non-hydrogen) atoms. The van der Waals surface area contributed by atoms with Crippen LogP contribution in [0.4, 0.5) is 5.69 Å². The number of nitrogens with one attached hydrogen (secondary N) is 2. The topological polar surface area (TPSA) is 70.7 Å². The summed E-state index contributed by atoms with van der Waals surface area (Å²) in [7, 11) is 0. The van der Waals surface area contributed by atoms with Crippen molar-refractivity contribution in [3.8, 4) is 0 Å². The molecule has 1 aromatic carbocycles. The molecule has 0 spiro atoms. The molecule has 0 aliphatic heterocycles. The molecule has 5 nitrogen and oxygen atoms in total. The quantitative estimate of drug-likeness (QED) is 0.667. The average molecular weight is 354 g/mol. The van der Waals surface area contributed by atoms with E-state index < -0.39 is 0 Å². The molecule has 2 aromatic heterocycles. The van der Waals surface area contributed by atoms with Gasteiger partial charge in [0.15, 0.2) is 10.8 Å². The maximum atomic E-state index is 12.8. The van der Waals surface area contributed by atoms with E-state index in [1.165, 1.54) is 17.3 Å². The van der Waals surface area contributed by atoms with Crippen molar-refractivity contribution < 1.29 is 4.79 Å². The molecule has 1 atom stereocenters. The summed E-state index contributed by atoms with van der Waals surface area (Å²) in [5.74, 6) is -0.00373. The molecule has 0 bridgehead atoms. The van der Waals surface area contributed by atoms with Crippen LogP contribution in [0.3, 0.4) is 0 Å². The lowest BCUT2D eigenvalue weighted by Crippen LogP contribution is -2.25. The number of carbonyl (C=O) groups is 1. The van der Waals surface area contributed by atoms with E-state index in [0.29, 0.717) is 17.2 Å². The number of pyridine rings is 1. The molecule has 3 rings (SSSR count). The summed E-state index contributed by atoms with van der Waals surface area (Å²) < 4.78 is 0. The Labute approximate surface area is 151 Å². The second kappa shape index (κ2) is 7.27. The van der Waals surface area contributed by atoms with E-state index in [4.69, 9.17) is 0 Å². The van der Waals surface area contributed by atoms with Crippen molar-refractivity contribution >= 4 is 34.5 Å². The monoisotopic (exact) mass is 354 g/mol. The number of aromatic nitrogens is 3. The van der Waals surface area contributed by atoms with Gasteiger partial charge in [-0.3, -0.25) is 4.79 Å². The summed E-state index contributed by atoms with van der Waals surface area (Å²) in [5.41, 5.74) is 5.82. The number of hydrogen-bond donors (Lipinski definition) is 2. The molecule has 0 radical (unpaired) electrons. The number of aryl methyl sites for hydroxylation is 3. The summed E-state index contributed by atoms with van der Waals surface area (Å²) in [4.78, 5) is 24.7. The van der Waals surface area contributed by atoms with Crippen LogP contribution in [0.25, 0.3) is 11.2 Å². The van der Waals surface area contributed by atoms with E-state index in [1.54, 1.807) is 6.20 Å². The molecule has 2 heterocycles. The Hall–Kier alpha value is -2.34. The molecule has 1 amide bonds. The molecule has 0 aliphatic carbocycles. The lowest BCUT2D eigenvalue weighted by atomic mass is 10.0. The third-order valence-corrected chi connectivity index (χ3v) is 5.33. The highest BCUT2D eigenvalue weighted by Gasteiger charge is 2.21. The second-order valence-corrected chi connectivity index (χ2v) is 7.39. The summed E-state index contributed by atoms with van der Waals surface area (Å²) in [5, 5.41) is 3.59. The summed E-state index contributed by atoms with van der Waals surface area (Å²) in [6.45, 7) is 8.11. The summed E-state index contributed by atoms with van der Waals surface area (Å²) in [6, 6.07) is 7.96. The number of benzene rings is 1. The van der Waals surface area contributed by atoms with Crippen LogP contribution < -0.4 is 5.32 Å². The predicted octanol–water partition coefficient (Wildman–Crippen LogP) is 4.39. The molecule has 0 fully saturated rings. The Morgan fingerprint density at radius 3 is 2.64 bits per heavy atom. The minimum Gasteiger partial charge on any atom is -0.332 e. The number of anilines is 1. The van der Waals surface area contributed by atoms with Gasteiger partial charge in [-0.15, -0.1) is 0 Å². The lowest BCUT2D eigenvalue weighted by molar-refractivity contribution is -0.115. The van der Waals surface area contributed by atoms with Crippen LogP contribution in [0.5, 0.6) is 0 Å². The molecule has 1 unspecified atom stereocenters. The number of amides is 1. The Morgan fingerprint density at radius 2 is 2.00 bits per heavy atom.